The first-order valence-electron chi connectivity index (χ1n) is 16.4. The Labute approximate surface area is 321 Å². The number of nitrogens with zero attached hydrogens (tertiary/aromatic N) is 4. The summed E-state index contributed by atoms with van der Waals surface area (Å²) in [6, 6.07) is -0.666. The van der Waals surface area contributed by atoms with Crippen molar-refractivity contribution in [1.29, 1.82) is 0 Å². The highest BCUT2D eigenvalue weighted by molar-refractivity contribution is 8.13. The fourth-order valence-corrected chi connectivity index (χ4v) is 8.52. The summed E-state index contributed by atoms with van der Waals surface area (Å²) >= 11 is 0.968. The van der Waals surface area contributed by atoms with Crippen LogP contribution < -0.4 is 22.1 Å². The number of epoxide rings is 1. The van der Waals surface area contributed by atoms with Crippen molar-refractivity contribution in [2.45, 2.75) is 69.5 Å². The normalized spacial score (nSPS) is 24.6. The van der Waals surface area contributed by atoms with E-state index in [1.54, 1.807) is 0 Å². The summed E-state index contributed by atoms with van der Waals surface area (Å²) in [5.74, 6) is -1.23. The van der Waals surface area contributed by atoms with Crippen molar-refractivity contribution >= 4 is 69.1 Å². The monoisotopic (exact) mass is 880 g/mol. The lowest BCUT2D eigenvalue weighted by molar-refractivity contribution is -0.137. The molecular formula is C26H43N8O18P3S. The van der Waals surface area contributed by atoms with Gasteiger partial charge < -0.3 is 61.4 Å². The van der Waals surface area contributed by atoms with E-state index >= 15 is 0 Å². The number of imidazole rings is 1. The molecule has 316 valence electrons. The average molecular weight is 881 g/mol. The lowest BCUT2D eigenvalue weighted by atomic mass is 9.87. The fraction of sp³-hybridized carbons (Fsp3) is 0.692. The molecule has 0 aromatic carbocycles. The van der Waals surface area contributed by atoms with Gasteiger partial charge in [0, 0.05) is 30.7 Å². The summed E-state index contributed by atoms with van der Waals surface area (Å²) < 4.78 is 67.1. The fourth-order valence-electron chi connectivity index (χ4n) is 4.97. The molecule has 0 saturated carbocycles. The van der Waals surface area contributed by atoms with Gasteiger partial charge in [-0.1, -0.05) is 25.6 Å². The molecule has 0 spiro atoms. The third-order valence-corrected chi connectivity index (χ3v) is 12.1. The topological polar surface area (TPSA) is 402 Å². The van der Waals surface area contributed by atoms with Crippen molar-refractivity contribution < 1.29 is 85.2 Å². The molecule has 2 aromatic rings. The molecule has 4 heterocycles. The maximum atomic E-state index is 12.7. The molecule has 0 bridgehead atoms. The number of hydrogen-bond donors (Lipinski definition) is 10. The van der Waals surface area contributed by atoms with Crippen molar-refractivity contribution in [2.75, 3.05) is 44.4 Å². The highest BCUT2D eigenvalue weighted by Gasteiger charge is 2.50. The third-order valence-electron chi connectivity index (χ3n) is 7.97. The number of nitrogen functional groups attached to an aromatic ring is 1. The van der Waals surface area contributed by atoms with Crippen molar-refractivity contribution in [3.05, 3.63) is 12.7 Å². The first kappa shape index (κ1) is 46.2. The van der Waals surface area contributed by atoms with Crippen LogP contribution in [0.5, 0.6) is 0 Å². The first-order chi connectivity index (χ1) is 26.0. The maximum Gasteiger partial charge on any atom is 0.481 e. The smallest absolute Gasteiger partial charge is 0.386 e. The maximum absolute atomic E-state index is 12.7. The van der Waals surface area contributed by atoms with E-state index in [1.165, 1.54) is 13.8 Å². The van der Waals surface area contributed by atoms with Crippen molar-refractivity contribution in [3.63, 3.8) is 0 Å². The SMILES string of the molecule is CC(C)(COP(=O)(O)OP(=O)(O)OCC1OC(n2cnc3c(N)ncnc32)C(O)C1OP(=O)(O)O)C(O)C(=O)NCCC(=O)NCCSC(=O)C(N)CC1CO1. The number of hydrogen-bond acceptors (Lipinski definition) is 20. The molecule has 26 nitrogen and oxygen atoms in total. The molecule has 2 saturated heterocycles. The quantitative estimate of drug-likeness (QED) is 0.0340. The van der Waals surface area contributed by atoms with Gasteiger partial charge in [0.05, 0.1) is 38.3 Å². The van der Waals surface area contributed by atoms with Crippen molar-refractivity contribution in [1.82, 2.24) is 30.2 Å². The molecule has 56 heavy (non-hydrogen) atoms. The second-order valence-electron chi connectivity index (χ2n) is 13.0. The van der Waals surface area contributed by atoms with E-state index in [0.29, 0.717) is 13.0 Å². The van der Waals surface area contributed by atoms with Crippen molar-refractivity contribution in [3.8, 4) is 0 Å². The number of carbonyl (C=O) groups excluding carboxylic acids is 3. The molecule has 0 radical (unpaired) electrons. The zero-order valence-electron chi connectivity index (χ0n) is 29.6. The molecule has 0 aliphatic carbocycles. The number of anilines is 1. The van der Waals surface area contributed by atoms with Crippen LogP contribution in [0.4, 0.5) is 5.82 Å². The van der Waals surface area contributed by atoms with Gasteiger partial charge in [0.25, 0.3) is 0 Å². The lowest BCUT2D eigenvalue weighted by Crippen LogP contribution is -2.46. The number of fused-ring (bicyclic) bond motifs is 1. The number of carbonyl (C=O) groups is 3. The van der Waals surface area contributed by atoms with Crippen LogP contribution in [0.1, 0.15) is 32.9 Å². The zero-order valence-corrected chi connectivity index (χ0v) is 33.1. The minimum Gasteiger partial charge on any atom is -0.386 e. The Hall–Kier alpha value is -2.52. The number of rotatable bonds is 22. The number of aliphatic hydroxyl groups excluding tert-OH is 2. The lowest BCUT2D eigenvalue weighted by Gasteiger charge is -2.30. The molecule has 2 aromatic heterocycles. The summed E-state index contributed by atoms with van der Waals surface area (Å²) in [4.78, 5) is 87.5. The number of nitrogens with two attached hydrogens (primary N) is 2. The van der Waals surface area contributed by atoms with Crippen LogP contribution in [0.25, 0.3) is 11.2 Å². The van der Waals surface area contributed by atoms with E-state index in [9.17, 15) is 57.9 Å². The first-order valence-corrected chi connectivity index (χ1v) is 21.9. The number of phosphoric ester groups is 3. The van der Waals surface area contributed by atoms with Gasteiger partial charge in [-0.25, -0.2) is 28.6 Å². The molecule has 2 fully saturated rings. The number of aromatic nitrogens is 4. The number of thioether (sulfide) groups is 1. The van der Waals surface area contributed by atoms with Gasteiger partial charge >= 0.3 is 23.5 Å². The number of phosphoric acid groups is 3. The number of aliphatic hydroxyl groups is 2. The number of amides is 2. The third kappa shape index (κ3) is 13.5. The van der Waals surface area contributed by atoms with Gasteiger partial charge in [-0.2, -0.15) is 4.31 Å². The Kier molecular flexibility index (Phi) is 15.7. The largest absolute Gasteiger partial charge is 0.481 e. The van der Waals surface area contributed by atoms with Gasteiger partial charge in [-0.3, -0.25) is 32.5 Å². The Morgan fingerprint density at radius 2 is 1.77 bits per heavy atom. The molecule has 9 atom stereocenters. The number of nitrogens with one attached hydrogen (secondary N) is 2. The van der Waals surface area contributed by atoms with Gasteiger partial charge in [0.15, 0.2) is 17.7 Å². The summed E-state index contributed by atoms with van der Waals surface area (Å²) in [6.07, 6.45) is -6.54. The Balaban J connectivity index is 1.22. The van der Waals surface area contributed by atoms with Crippen LogP contribution in [0.2, 0.25) is 0 Å². The molecule has 30 heteroatoms. The molecule has 12 N–H and O–H groups in total. The molecule has 4 rings (SSSR count). The Bertz CT molecular complexity index is 1870. The van der Waals surface area contributed by atoms with E-state index < -0.39 is 90.6 Å². The van der Waals surface area contributed by atoms with E-state index in [4.69, 9.17) is 30.0 Å². The minimum atomic E-state index is -5.57. The van der Waals surface area contributed by atoms with Crippen LogP contribution in [0.15, 0.2) is 12.7 Å². The zero-order chi connectivity index (χ0) is 41.6. The molecule has 2 amide bonds. The standard InChI is InChI=1S/C26H43N8O18P3S/c1-26(2,20(37)23(38)30-4-3-16(35)29-5-6-56-25(39)14(27)7-13-8-47-13)10-49-55(45,46)52-54(43,44)48-9-15-19(51-53(40,41)42)18(36)24(50-15)34-12-33-17-21(28)31-11-32-22(17)34/h11-15,18-20,24,36-37H,3-10,27H2,1-2H3,(H,29,35)(H,30,38)(H,43,44)(H,45,46)(H2,28,31,32)(H2,40,41,42). The van der Waals surface area contributed by atoms with E-state index in [2.05, 4.69) is 34.4 Å². The molecule has 9 unspecified atom stereocenters. The van der Waals surface area contributed by atoms with Crippen LogP contribution in [-0.2, 0) is 55.4 Å². The van der Waals surface area contributed by atoms with Crippen molar-refractivity contribution in [2.24, 2.45) is 11.1 Å². The van der Waals surface area contributed by atoms with Gasteiger partial charge in [0.2, 0.25) is 16.9 Å². The van der Waals surface area contributed by atoms with E-state index in [-0.39, 0.29) is 53.5 Å². The summed E-state index contributed by atoms with van der Waals surface area (Å²) in [5, 5.41) is 26.1. The van der Waals surface area contributed by atoms with Gasteiger partial charge in [-0.05, 0) is 6.42 Å². The predicted molar refractivity (Wildman–Crippen MR) is 189 cm³/mol. The second-order valence-corrected chi connectivity index (χ2v) is 18.4. The Morgan fingerprint density at radius 1 is 1.09 bits per heavy atom. The molecule has 2 aliphatic rings. The predicted octanol–water partition coefficient (Wildman–Crippen LogP) is -2.22. The summed E-state index contributed by atoms with van der Waals surface area (Å²) in [6.45, 7) is 0.965. The number of ether oxygens (including phenoxy) is 2. The van der Waals surface area contributed by atoms with Crippen LogP contribution in [0.3, 0.4) is 0 Å². The molecular weight excluding hydrogens is 837 g/mol. The summed E-state index contributed by atoms with van der Waals surface area (Å²) in [7, 11) is -16.4. The van der Waals surface area contributed by atoms with E-state index in [0.717, 1.165) is 29.0 Å². The average Bonchev–Trinajstić information content (AvgIpc) is 3.73. The highest BCUT2D eigenvalue weighted by atomic mass is 32.2. The highest BCUT2D eigenvalue weighted by Crippen LogP contribution is 2.61. The van der Waals surface area contributed by atoms with E-state index in [1.807, 2.05) is 0 Å². The Morgan fingerprint density at radius 3 is 2.43 bits per heavy atom. The minimum absolute atomic E-state index is 0.00404. The van der Waals surface area contributed by atoms with Crippen LogP contribution >= 0.6 is 35.2 Å². The molecule has 2 aliphatic heterocycles. The van der Waals surface area contributed by atoms with Crippen LogP contribution in [-0.4, -0.2) is 141 Å². The van der Waals surface area contributed by atoms with Gasteiger partial charge in [-0.15, -0.1) is 0 Å². The second kappa shape index (κ2) is 19.0. The van der Waals surface area contributed by atoms with Crippen LogP contribution in [0, 0.1) is 5.41 Å². The van der Waals surface area contributed by atoms with Gasteiger partial charge in [0.1, 0.15) is 36.3 Å². The summed E-state index contributed by atoms with van der Waals surface area (Å²) in [5.41, 5.74) is 10.0.